The molecule has 2 heterocycles. The van der Waals surface area contributed by atoms with Gasteiger partial charge in [0.15, 0.2) is 10.2 Å². The largest absolute Gasteiger partial charge is 0.375 e. The SMILES string of the molecule is CCCn1nccc1S(=O)(=O)NCCCc1csc(N)n1. The van der Waals surface area contributed by atoms with Crippen LogP contribution in [0.5, 0.6) is 0 Å². The van der Waals surface area contributed by atoms with Crippen molar-refractivity contribution in [2.24, 2.45) is 0 Å². The van der Waals surface area contributed by atoms with E-state index in [1.165, 1.54) is 28.3 Å². The van der Waals surface area contributed by atoms with E-state index in [0.717, 1.165) is 12.1 Å². The van der Waals surface area contributed by atoms with Crippen LogP contribution >= 0.6 is 11.3 Å². The van der Waals surface area contributed by atoms with Gasteiger partial charge in [0.25, 0.3) is 10.0 Å². The molecule has 2 aromatic heterocycles. The maximum Gasteiger partial charge on any atom is 0.257 e. The summed E-state index contributed by atoms with van der Waals surface area (Å²) >= 11 is 1.39. The van der Waals surface area contributed by atoms with Crippen molar-refractivity contribution in [1.82, 2.24) is 19.5 Å². The van der Waals surface area contributed by atoms with Gasteiger partial charge in [-0.25, -0.2) is 18.1 Å². The van der Waals surface area contributed by atoms with Crippen LogP contribution in [0.3, 0.4) is 0 Å². The standard InChI is InChI=1S/C12H19N5O2S2/c1-2-8-17-11(5-7-14-17)21(18,19)15-6-3-4-10-9-20-12(13)16-10/h5,7,9,15H,2-4,6,8H2,1H3,(H2,13,16). The van der Waals surface area contributed by atoms with Crippen molar-refractivity contribution in [3.63, 3.8) is 0 Å². The number of thiazole rings is 1. The lowest BCUT2D eigenvalue weighted by Crippen LogP contribution is -2.27. The molecule has 0 amide bonds. The van der Waals surface area contributed by atoms with Crippen LogP contribution in [-0.4, -0.2) is 29.7 Å². The molecule has 0 aliphatic carbocycles. The first-order valence-corrected chi connectivity index (χ1v) is 9.10. The number of aryl methyl sites for hydroxylation is 2. The van der Waals surface area contributed by atoms with E-state index < -0.39 is 10.0 Å². The molecule has 0 radical (unpaired) electrons. The van der Waals surface area contributed by atoms with Gasteiger partial charge in [0.2, 0.25) is 0 Å². The first kappa shape index (κ1) is 15.9. The van der Waals surface area contributed by atoms with Gasteiger partial charge < -0.3 is 5.73 Å². The minimum absolute atomic E-state index is 0.210. The van der Waals surface area contributed by atoms with Crippen LogP contribution in [0.2, 0.25) is 0 Å². The number of nitrogens with one attached hydrogen (secondary N) is 1. The fourth-order valence-corrected chi connectivity index (χ4v) is 3.73. The molecule has 0 spiro atoms. The summed E-state index contributed by atoms with van der Waals surface area (Å²) < 4.78 is 28.5. The van der Waals surface area contributed by atoms with E-state index in [-0.39, 0.29) is 5.03 Å². The van der Waals surface area contributed by atoms with E-state index in [1.54, 1.807) is 0 Å². The summed E-state index contributed by atoms with van der Waals surface area (Å²) in [5.74, 6) is 0. The highest BCUT2D eigenvalue weighted by Gasteiger charge is 2.18. The Morgan fingerprint density at radius 2 is 2.29 bits per heavy atom. The summed E-state index contributed by atoms with van der Waals surface area (Å²) in [6, 6.07) is 1.51. The zero-order valence-electron chi connectivity index (χ0n) is 11.8. The van der Waals surface area contributed by atoms with Crippen LogP contribution in [0.25, 0.3) is 0 Å². The number of aromatic nitrogens is 3. The minimum Gasteiger partial charge on any atom is -0.375 e. The predicted octanol–water partition coefficient (Wildman–Crippen LogP) is 1.24. The fourth-order valence-electron chi connectivity index (χ4n) is 1.92. The highest BCUT2D eigenvalue weighted by Crippen LogP contribution is 2.13. The van der Waals surface area contributed by atoms with Gasteiger partial charge in [-0.2, -0.15) is 5.10 Å². The third-order valence-electron chi connectivity index (χ3n) is 2.86. The molecule has 0 aliphatic heterocycles. The fraction of sp³-hybridized carbons (Fsp3) is 0.500. The summed E-state index contributed by atoms with van der Waals surface area (Å²) in [6.45, 7) is 2.92. The molecule has 0 atom stereocenters. The maximum absolute atomic E-state index is 12.2. The Morgan fingerprint density at radius 3 is 2.95 bits per heavy atom. The quantitative estimate of drug-likeness (QED) is 0.709. The number of anilines is 1. The Bertz CT molecular complexity index is 677. The number of hydrogen-bond donors (Lipinski definition) is 2. The Labute approximate surface area is 128 Å². The van der Waals surface area contributed by atoms with Crippen LogP contribution in [0, 0.1) is 0 Å². The van der Waals surface area contributed by atoms with Gasteiger partial charge in [-0.3, -0.25) is 4.68 Å². The van der Waals surface area contributed by atoms with E-state index in [1.807, 2.05) is 12.3 Å². The van der Waals surface area contributed by atoms with Crippen LogP contribution in [0.15, 0.2) is 22.7 Å². The van der Waals surface area contributed by atoms with Crippen molar-refractivity contribution in [3.05, 3.63) is 23.3 Å². The minimum atomic E-state index is -3.51. The van der Waals surface area contributed by atoms with Gasteiger partial charge in [0.05, 0.1) is 11.9 Å². The normalized spacial score (nSPS) is 11.9. The first-order valence-electron chi connectivity index (χ1n) is 6.74. The molecule has 0 fully saturated rings. The molecular weight excluding hydrogens is 310 g/mol. The van der Waals surface area contributed by atoms with Gasteiger partial charge >= 0.3 is 0 Å². The molecule has 0 aromatic carbocycles. The Morgan fingerprint density at radius 1 is 1.48 bits per heavy atom. The summed E-state index contributed by atoms with van der Waals surface area (Å²) in [7, 11) is -3.51. The smallest absolute Gasteiger partial charge is 0.257 e. The molecule has 2 rings (SSSR count). The lowest BCUT2D eigenvalue weighted by atomic mass is 10.2. The average Bonchev–Trinajstić information content (AvgIpc) is 3.05. The third kappa shape index (κ3) is 4.26. The predicted molar refractivity (Wildman–Crippen MR) is 82.6 cm³/mol. The van der Waals surface area contributed by atoms with Crippen molar-refractivity contribution < 1.29 is 8.42 Å². The van der Waals surface area contributed by atoms with Gasteiger partial charge in [-0.05, 0) is 25.3 Å². The molecule has 3 N–H and O–H groups in total. The molecule has 21 heavy (non-hydrogen) atoms. The van der Waals surface area contributed by atoms with E-state index >= 15 is 0 Å². The van der Waals surface area contributed by atoms with Crippen molar-refractivity contribution >= 4 is 26.5 Å². The number of nitrogens with zero attached hydrogens (tertiary/aromatic N) is 3. The van der Waals surface area contributed by atoms with Gasteiger partial charge in [-0.15, -0.1) is 11.3 Å². The molecular formula is C12H19N5O2S2. The number of sulfonamides is 1. The molecule has 0 saturated carbocycles. The summed E-state index contributed by atoms with van der Waals surface area (Å²) in [4.78, 5) is 4.14. The summed E-state index contributed by atoms with van der Waals surface area (Å²) in [5, 5.41) is 6.66. The summed E-state index contributed by atoms with van der Waals surface area (Å²) in [6.07, 6.45) is 3.70. The second-order valence-electron chi connectivity index (χ2n) is 4.57. The zero-order chi connectivity index (χ0) is 15.3. The van der Waals surface area contributed by atoms with E-state index in [0.29, 0.717) is 31.1 Å². The van der Waals surface area contributed by atoms with Gasteiger partial charge in [-0.1, -0.05) is 6.92 Å². The van der Waals surface area contributed by atoms with Crippen molar-refractivity contribution in [1.29, 1.82) is 0 Å². The monoisotopic (exact) mass is 329 g/mol. The molecule has 9 heteroatoms. The Hall–Kier alpha value is -1.45. The second kappa shape index (κ2) is 7.01. The van der Waals surface area contributed by atoms with Gasteiger partial charge in [0, 0.05) is 18.5 Å². The van der Waals surface area contributed by atoms with Crippen molar-refractivity contribution in [3.8, 4) is 0 Å². The molecule has 0 bridgehead atoms. The first-order chi connectivity index (χ1) is 10.0. The van der Waals surface area contributed by atoms with Crippen LogP contribution in [0.4, 0.5) is 5.13 Å². The Kier molecular flexibility index (Phi) is 5.32. The highest BCUT2D eigenvalue weighted by atomic mass is 32.2. The number of nitrogens with two attached hydrogens (primary N) is 1. The zero-order valence-corrected chi connectivity index (χ0v) is 13.5. The lowest BCUT2D eigenvalue weighted by Gasteiger charge is -2.08. The Balaban J connectivity index is 1.87. The third-order valence-corrected chi connectivity index (χ3v) is 5.06. The molecule has 0 unspecified atom stereocenters. The number of rotatable bonds is 8. The van der Waals surface area contributed by atoms with E-state index in [4.69, 9.17) is 5.73 Å². The lowest BCUT2D eigenvalue weighted by molar-refractivity contribution is 0.523. The number of nitrogen functional groups attached to an aromatic ring is 1. The number of hydrogen-bond acceptors (Lipinski definition) is 6. The van der Waals surface area contributed by atoms with Crippen molar-refractivity contribution in [2.45, 2.75) is 37.8 Å². The van der Waals surface area contributed by atoms with Crippen LogP contribution in [-0.2, 0) is 23.0 Å². The molecule has 2 aromatic rings. The van der Waals surface area contributed by atoms with Crippen LogP contribution < -0.4 is 10.5 Å². The summed E-state index contributed by atoms with van der Waals surface area (Å²) in [5.41, 5.74) is 6.44. The maximum atomic E-state index is 12.2. The van der Waals surface area contributed by atoms with Gasteiger partial charge in [0.1, 0.15) is 0 Å². The second-order valence-corrected chi connectivity index (χ2v) is 7.17. The van der Waals surface area contributed by atoms with Crippen LogP contribution in [0.1, 0.15) is 25.5 Å². The van der Waals surface area contributed by atoms with Crippen molar-refractivity contribution in [2.75, 3.05) is 12.3 Å². The topological polar surface area (TPSA) is 103 Å². The highest BCUT2D eigenvalue weighted by molar-refractivity contribution is 7.89. The molecule has 0 aliphatic rings. The molecule has 116 valence electrons. The molecule has 7 nitrogen and oxygen atoms in total. The van der Waals surface area contributed by atoms with E-state index in [2.05, 4.69) is 14.8 Å². The average molecular weight is 329 g/mol. The van der Waals surface area contributed by atoms with E-state index in [9.17, 15) is 8.42 Å². The molecule has 0 saturated heterocycles.